The third-order valence-electron chi connectivity index (χ3n) is 4.21. The average Bonchev–Trinajstić information content (AvgIpc) is 2.27. The van der Waals surface area contributed by atoms with Crippen LogP contribution in [-0.2, 0) is 0 Å². The Morgan fingerprint density at radius 2 is 1.89 bits per heavy atom. The standard InChI is InChI=1S/C14H24ClNO2Si/c1-13(2,3)19(4,5)14(17,10-16)18-12-8-6-7-11(15)9-12/h6-9,17H,10,16H2,1-5H3/t14-/m1/s1. The highest BCUT2D eigenvalue weighted by Gasteiger charge is 2.54. The zero-order valence-electron chi connectivity index (χ0n) is 12.3. The highest BCUT2D eigenvalue weighted by molar-refractivity contribution is 6.82. The molecule has 0 radical (unpaired) electrons. The zero-order valence-corrected chi connectivity index (χ0v) is 14.1. The van der Waals surface area contributed by atoms with E-state index in [1.165, 1.54) is 0 Å². The van der Waals surface area contributed by atoms with Gasteiger partial charge in [0.15, 0.2) is 5.41 Å². The Morgan fingerprint density at radius 3 is 2.32 bits per heavy atom. The fourth-order valence-electron chi connectivity index (χ4n) is 1.74. The third kappa shape index (κ3) is 3.31. The van der Waals surface area contributed by atoms with Gasteiger partial charge in [0, 0.05) is 5.02 Å². The van der Waals surface area contributed by atoms with Crippen molar-refractivity contribution in [3.8, 4) is 5.75 Å². The van der Waals surface area contributed by atoms with Crippen LogP contribution in [0, 0.1) is 0 Å². The minimum absolute atomic E-state index is 0.0420. The van der Waals surface area contributed by atoms with E-state index in [0.717, 1.165) is 0 Å². The predicted octanol–water partition coefficient (Wildman–Crippen LogP) is 3.41. The number of hydrogen-bond donors (Lipinski definition) is 2. The fourth-order valence-corrected chi connectivity index (χ4v) is 3.97. The number of benzene rings is 1. The van der Waals surface area contributed by atoms with E-state index in [1.807, 2.05) is 0 Å². The van der Waals surface area contributed by atoms with Gasteiger partial charge in [-0.2, -0.15) is 0 Å². The molecule has 0 heterocycles. The molecule has 0 spiro atoms. The van der Waals surface area contributed by atoms with E-state index in [9.17, 15) is 5.11 Å². The molecule has 0 aliphatic rings. The topological polar surface area (TPSA) is 55.5 Å². The van der Waals surface area contributed by atoms with Gasteiger partial charge in [-0.3, -0.25) is 0 Å². The fraction of sp³-hybridized carbons (Fsp3) is 0.571. The Labute approximate surface area is 121 Å². The molecule has 0 bridgehead atoms. The van der Waals surface area contributed by atoms with Crippen LogP contribution in [0.5, 0.6) is 5.75 Å². The summed E-state index contributed by atoms with van der Waals surface area (Å²) in [6, 6.07) is 7.03. The Kier molecular flexibility index (Phi) is 4.73. The van der Waals surface area contributed by atoms with E-state index in [-0.39, 0.29) is 11.6 Å². The molecule has 0 amide bonds. The van der Waals surface area contributed by atoms with E-state index >= 15 is 0 Å². The van der Waals surface area contributed by atoms with Crippen LogP contribution in [0.4, 0.5) is 0 Å². The van der Waals surface area contributed by atoms with E-state index in [4.69, 9.17) is 22.1 Å². The van der Waals surface area contributed by atoms with Gasteiger partial charge in [-0.05, 0) is 23.2 Å². The maximum absolute atomic E-state index is 10.9. The first-order valence-electron chi connectivity index (χ1n) is 6.40. The van der Waals surface area contributed by atoms with Gasteiger partial charge in [-0.25, -0.2) is 0 Å². The molecular weight excluding hydrogens is 278 g/mol. The van der Waals surface area contributed by atoms with Crippen molar-refractivity contribution in [1.82, 2.24) is 0 Å². The Hall–Kier alpha value is -0.553. The Morgan fingerprint density at radius 1 is 1.32 bits per heavy atom. The monoisotopic (exact) mass is 301 g/mol. The zero-order chi connectivity index (χ0) is 14.9. The van der Waals surface area contributed by atoms with Crippen molar-refractivity contribution in [1.29, 1.82) is 0 Å². The Balaban J connectivity index is 3.12. The molecule has 5 heteroatoms. The summed E-state index contributed by atoms with van der Waals surface area (Å²) in [5, 5.41) is 11.4. The van der Waals surface area contributed by atoms with E-state index in [1.54, 1.807) is 24.3 Å². The van der Waals surface area contributed by atoms with Gasteiger partial charge >= 0.3 is 0 Å². The molecule has 0 aliphatic heterocycles. The lowest BCUT2D eigenvalue weighted by Gasteiger charge is -2.47. The van der Waals surface area contributed by atoms with Crippen LogP contribution in [0.3, 0.4) is 0 Å². The highest BCUT2D eigenvalue weighted by Crippen LogP contribution is 2.43. The minimum Gasteiger partial charge on any atom is -0.465 e. The number of ether oxygens (including phenoxy) is 1. The van der Waals surface area contributed by atoms with Crippen LogP contribution in [-0.4, -0.2) is 25.1 Å². The van der Waals surface area contributed by atoms with Gasteiger partial charge in [0.25, 0.3) is 0 Å². The second-order valence-electron chi connectivity index (χ2n) is 6.42. The van der Waals surface area contributed by atoms with Gasteiger partial charge in [0.2, 0.25) is 0 Å². The van der Waals surface area contributed by atoms with E-state index in [0.29, 0.717) is 10.8 Å². The lowest BCUT2D eigenvalue weighted by atomic mass is 10.2. The SMILES string of the molecule is CC(C)(C)[Si](C)(C)[C@@](O)(CN)Oc1cccc(Cl)c1. The Bertz CT molecular complexity index is 445. The van der Waals surface area contributed by atoms with E-state index < -0.39 is 13.5 Å². The molecule has 0 saturated heterocycles. The molecule has 0 unspecified atom stereocenters. The van der Waals surface area contributed by atoms with Gasteiger partial charge in [-0.15, -0.1) is 0 Å². The van der Waals surface area contributed by atoms with Crippen LogP contribution < -0.4 is 10.5 Å². The van der Waals surface area contributed by atoms with Crippen molar-refractivity contribution in [3.05, 3.63) is 29.3 Å². The molecule has 1 rings (SSSR count). The van der Waals surface area contributed by atoms with Crippen LogP contribution in [0.15, 0.2) is 24.3 Å². The number of aliphatic hydroxyl groups is 1. The summed E-state index contributed by atoms with van der Waals surface area (Å²) in [5.41, 5.74) is 4.48. The summed E-state index contributed by atoms with van der Waals surface area (Å²) in [7, 11) is -2.19. The molecule has 1 aromatic carbocycles. The quantitative estimate of drug-likeness (QED) is 0.662. The molecule has 1 atom stereocenters. The van der Waals surface area contributed by atoms with Crippen LogP contribution in [0.25, 0.3) is 0 Å². The van der Waals surface area contributed by atoms with Crippen LogP contribution >= 0.6 is 11.6 Å². The summed E-state index contributed by atoms with van der Waals surface area (Å²) in [5.74, 6) is 0.547. The smallest absolute Gasteiger partial charge is 0.200 e. The molecule has 0 aromatic heterocycles. The second kappa shape index (κ2) is 5.44. The first kappa shape index (κ1) is 16.5. The molecule has 0 saturated carbocycles. The molecule has 3 nitrogen and oxygen atoms in total. The van der Waals surface area contributed by atoms with Crippen molar-refractivity contribution < 1.29 is 9.84 Å². The average molecular weight is 302 g/mol. The van der Waals surface area contributed by atoms with E-state index in [2.05, 4.69) is 33.9 Å². The highest BCUT2D eigenvalue weighted by atomic mass is 35.5. The van der Waals surface area contributed by atoms with Crippen LogP contribution in [0.2, 0.25) is 23.2 Å². The number of nitrogens with two attached hydrogens (primary N) is 1. The van der Waals surface area contributed by atoms with Gasteiger partial charge in [0.1, 0.15) is 13.8 Å². The molecule has 3 N–H and O–H groups in total. The summed E-state index contributed by atoms with van der Waals surface area (Å²) >= 11 is 5.94. The molecular formula is C14H24ClNO2Si. The minimum atomic E-state index is -2.19. The first-order valence-corrected chi connectivity index (χ1v) is 9.78. The van der Waals surface area contributed by atoms with Gasteiger partial charge < -0.3 is 15.6 Å². The number of halogens is 1. The third-order valence-corrected chi connectivity index (χ3v) is 10.5. The maximum atomic E-state index is 10.9. The lowest BCUT2D eigenvalue weighted by Crippen LogP contribution is -2.66. The summed E-state index contributed by atoms with van der Waals surface area (Å²) in [6.45, 7) is 10.6. The molecule has 108 valence electrons. The van der Waals surface area contributed by atoms with Crippen molar-refractivity contribution in [3.63, 3.8) is 0 Å². The first-order chi connectivity index (χ1) is 8.53. The predicted molar refractivity (Wildman–Crippen MR) is 83.3 cm³/mol. The van der Waals surface area contributed by atoms with Crippen molar-refractivity contribution in [2.45, 2.75) is 44.3 Å². The summed E-state index contributed by atoms with van der Waals surface area (Å²) in [6.07, 6.45) is 0. The van der Waals surface area contributed by atoms with Crippen molar-refractivity contribution >= 4 is 19.7 Å². The van der Waals surface area contributed by atoms with Crippen molar-refractivity contribution in [2.24, 2.45) is 5.73 Å². The lowest BCUT2D eigenvalue weighted by molar-refractivity contribution is -0.0670. The number of rotatable bonds is 4. The maximum Gasteiger partial charge on any atom is 0.200 e. The van der Waals surface area contributed by atoms with Crippen LogP contribution in [0.1, 0.15) is 20.8 Å². The molecule has 1 aromatic rings. The van der Waals surface area contributed by atoms with Crippen molar-refractivity contribution in [2.75, 3.05) is 6.54 Å². The number of hydrogen-bond acceptors (Lipinski definition) is 3. The second-order valence-corrected chi connectivity index (χ2v) is 12.4. The summed E-state index contributed by atoms with van der Waals surface area (Å²) < 4.78 is 5.83. The molecule has 19 heavy (non-hydrogen) atoms. The van der Waals surface area contributed by atoms with Gasteiger partial charge in [0.05, 0.1) is 6.54 Å². The molecule has 0 aliphatic carbocycles. The van der Waals surface area contributed by atoms with Gasteiger partial charge in [-0.1, -0.05) is 51.5 Å². The summed E-state index contributed by atoms with van der Waals surface area (Å²) in [4.78, 5) is 0. The molecule has 0 fully saturated rings. The normalized spacial score (nSPS) is 16.0. The largest absolute Gasteiger partial charge is 0.465 e.